The van der Waals surface area contributed by atoms with Crippen LogP contribution < -0.4 is 9.86 Å². The SMILES string of the molecule is CC1(CNS(=O)(=O)C2=CCC(Cl)(S(N)(=O)=O)C=C2)CCCO1. The lowest BCUT2D eigenvalue weighted by Crippen LogP contribution is -2.41. The van der Waals surface area contributed by atoms with Crippen molar-refractivity contribution >= 4 is 31.6 Å². The van der Waals surface area contributed by atoms with Gasteiger partial charge in [0.2, 0.25) is 20.0 Å². The lowest BCUT2D eigenvalue weighted by Gasteiger charge is -2.25. The van der Waals surface area contributed by atoms with Crippen molar-refractivity contribution in [2.45, 2.75) is 36.0 Å². The van der Waals surface area contributed by atoms with Crippen molar-refractivity contribution < 1.29 is 21.6 Å². The van der Waals surface area contributed by atoms with E-state index in [4.69, 9.17) is 21.5 Å². The van der Waals surface area contributed by atoms with Gasteiger partial charge in [0.25, 0.3) is 0 Å². The molecule has 0 radical (unpaired) electrons. The Morgan fingerprint density at radius 1 is 1.41 bits per heavy atom. The Morgan fingerprint density at radius 2 is 2.09 bits per heavy atom. The zero-order valence-electron chi connectivity index (χ0n) is 12.1. The first kappa shape index (κ1) is 17.9. The Labute approximate surface area is 135 Å². The van der Waals surface area contributed by atoms with Crippen molar-refractivity contribution in [1.82, 2.24) is 4.72 Å². The lowest BCUT2D eigenvalue weighted by molar-refractivity contribution is 0.0251. The van der Waals surface area contributed by atoms with E-state index in [1.807, 2.05) is 6.92 Å². The molecular weight excluding hydrogens is 352 g/mol. The van der Waals surface area contributed by atoms with Gasteiger partial charge in [-0.15, -0.1) is 0 Å². The molecule has 0 saturated carbocycles. The summed E-state index contributed by atoms with van der Waals surface area (Å²) < 4.78 is 53.5. The van der Waals surface area contributed by atoms with Crippen LogP contribution in [0.5, 0.6) is 0 Å². The van der Waals surface area contributed by atoms with Crippen molar-refractivity contribution in [2.24, 2.45) is 5.14 Å². The van der Waals surface area contributed by atoms with Gasteiger partial charge in [-0.25, -0.2) is 26.7 Å². The summed E-state index contributed by atoms with van der Waals surface area (Å²) in [5.74, 6) is 0. The summed E-state index contributed by atoms with van der Waals surface area (Å²) in [5.41, 5.74) is -0.511. The topological polar surface area (TPSA) is 116 Å². The van der Waals surface area contributed by atoms with E-state index in [-0.39, 0.29) is 17.9 Å². The van der Waals surface area contributed by atoms with Crippen LogP contribution >= 0.6 is 11.6 Å². The molecule has 2 unspecified atom stereocenters. The number of nitrogens with one attached hydrogen (secondary N) is 1. The fourth-order valence-electron chi connectivity index (χ4n) is 2.30. The number of alkyl halides is 1. The smallest absolute Gasteiger partial charge is 0.240 e. The molecule has 0 spiro atoms. The summed E-state index contributed by atoms with van der Waals surface area (Å²) in [6.45, 7) is 2.62. The molecule has 0 amide bonds. The minimum Gasteiger partial charge on any atom is -0.374 e. The second kappa shape index (κ2) is 5.88. The van der Waals surface area contributed by atoms with Crippen molar-refractivity contribution in [1.29, 1.82) is 0 Å². The van der Waals surface area contributed by atoms with Gasteiger partial charge in [0.1, 0.15) is 0 Å². The van der Waals surface area contributed by atoms with Gasteiger partial charge in [-0.2, -0.15) is 0 Å². The second-order valence-electron chi connectivity index (χ2n) is 5.70. The number of primary sulfonamides is 1. The number of rotatable bonds is 5. The molecular formula is C12H19ClN2O5S2. The standard InChI is InChI=1S/C12H19ClN2O5S2/c1-11(5-2-8-20-11)9-15-21(16,17)10-3-6-12(13,7-4-10)22(14,18)19/h3-4,6,15H,2,5,7-9H2,1H3,(H2,14,18,19). The van der Waals surface area contributed by atoms with Crippen LogP contribution in [-0.4, -0.2) is 39.8 Å². The molecule has 1 aliphatic carbocycles. The average Bonchev–Trinajstić information content (AvgIpc) is 2.84. The molecule has 2 rings (SSSR count). The molecule has 1 saturated heterocycles. The summed E-state index contributed by atoms with van der Waals surface area (Å²) >= 11 is 5.89. The van der Waals surface area contributed by atoms with Crippen LogP contribution in [0.2, 0.25) is 0 Å². The van der Waals surface area contributed by atoms with Gasteiger partial charge in [0, 0.05) is 19.6 Å². The number of nitrogens with two attached hydrogens (primary N) is 1. The third kappa shape index (κ3) is 3.72. The molecule has 0 aromatic heterocycles. The molecule has 2 atom stereocenters. The molecule has 0 bridgehead atoms. The Hall–Kier alpha value is -0.450. The Balaban J connectivity index is 2.08. The van der Waals surface area contributed by atoms with E-state index in [0.717, 1.165) is 25.0 Å². The average molecular weight is 371 g/mol. The maximum absolute atomic E-state index is 12.2. The van der Waals surface area contributed by atoms with Crippen molar-refractivity contribution in [3.63, 3.8) is 0 Å². The lowest BCUT2D eigenvalue weighted by atomic mass is 10.0. The van der Waals surface area contributed by atoms with Crippen molar-refractivity contribution in [3.05, 3.63) is 23.1 Å². The number of hydrogen-bond donors (Lipinski definition) is 2. The Bertz CT molecular complexity index is 708. The maximum atomic E-state index is 12.2. The van der Waals surface area contributed by atoms with Crippen LogP contribution in [0.15, 0.2) is 23.1 Å². The highest BCUT2D eigenvalue weighted by atomic mass is 35.5. The minimum absolute atomic E-state index is 0.0333. The van der Waals surface area contributed by atoms with E-state index in [9.17, 15) is 16.8 Å². The first-order valence-electron chi connectivity index (χ1n) is 6.72. The molecule has 1 heterocycles. The normalized spacial score (nSPS) is 33.0. The van der Waals surface area contributed by atoms with E-state index >= 15 is 0 Å². The Kier molecular flexibility index (Phi) is 4.78. The quantitative estimate of drug-likeness (QED) is 0.685. The van der Waals surface area contributed by atoms with E-state index in [0.29, 0.717) is 6.61 Å². The highest BCUT2D eigenvalue weighted by molar-refractivity contribution is 7.93. The van der Waals surface area contributed by atoms with Crippen LogP contribution in [0.4, 0.5) is 0 Å². The maximum Gasteiger partial charge on any atom is 0.240 e. The highest BCUT2D eigenvalue weighted by Crippen LogP contribution is 2.33. The van der Waals surface area contributed by atoms with Crippen molar-refractivity contribution in [3.8, 4) is 0 Å². The molecule has 7 nitrogen and oxygen atoms in total. The summed E-state index contributed by atoms with van der Waals surface area (Å²) in [5, 5.41) is 5.04. The number of allylic oxidation sites excluding steroid dienone is 2. The molecule has 3 N–H and O–H groups in total. The zero-order valence-corrected chi connectivity index (χ0v) is 14.5. The van der Waals surface area contributed by atoms with E-state index in [1.165, 1.54) is 6.08 Å². The predicted octanol–water partition coefficient (Wildman–Crippen LogP) is 0.542. The fourth-order valence-corrected chi connectivity index (χ4v) is 4.23. The van der Waals surface area contributed by atoms with Crippen LogP contribution in [0.1, 0.15) is 26.2 Å². The highest BCUT2D eigenvalue weighted by Gasteiger charge is 2.39. The zero-order chi connectivity index (χ0) is 16.6. The van der Waals surface area contributed by atoms with Crippen LogP contribution in [0.25, 0.3) is 0 Å². The number of hydrogen-bond acceptors (Lipinski definition) is 5. The monoisotopic (exact) mass is 370 g/mol. The van der Waals surface area contributed by atoms with Crippen LogP contribution in [-0.2, 0) is 24.8 Å². The summed E-state index contributed by atoms with van der Waals surface area (Å²) in [7, 11) is -7.79. The first-order valence-corrected chi connectivity index (χ1v) is 10.1. The molecule has 1 aliphatic heterocycles. The van der Waals surface area contributed by atoms with Crippen molar-refractivity contribution in [2.75, 3.05) is 13.2 Å². The first-order chi connectivity index (χ1) is 9.98. The molecule has 0 aromatic carbocycles. The molecule has 0 aromatic rings. The Morgan fingerprint density at radius 3 is 2.55 bits per heavy atom. The predicted molar refractivity (Wildman–Crippen MR) is 84.0 cm³/mol. The molecule has 1 fully saturated rings. The fraction of sp³-hybridized carbons (Fsp3) is 0.667. The second-order valence-corrected chi connectivity index (χ2v) is 10.2. The van der Waals surface area contributed by atoms with Gasteiger partial charge in [-0.1, -0.05) is 17.7 Å². The van der Waals surface area contributed by atoms with Gasteiger partial charge >= 0.3 is 0 Å². The van der Waals surface area contributed by atoms with Gasteiger partial charge in [-0.3, -0.25) is 0 Å². The third-order valence-electron chi connectivity index (χ3n) is 3.80. The summed E-state index contributed by atoms with van der Waals surface area (Å²) in [4.78, 5) is -0.0333. The van der Waals surface area contributed by atoms with Crippen LogP contribution in [0, 0.1) is 0 Å². The number of halogens is 1. The van der Waals surface area contributed by atoms with Gasteiger partial charge in [0.15, 0.2) is 4.21 Å². The third-order valence-corrected chi connectivity index (χ3v) is 7.42. The summed E-state index contributed by atoms with van der Waals surface area (Å²) in [6.07, 6.45) is 4.95. The van der Waals surface area contributed by atoms with Gasteiger partial charge in [-0.05, 0) is 31.9 Å². The van der Waals surface area contributed by atoms with Gasteiger partial charge < -0.3 is 4.74 Å². The minimum atomic E-state index is -4.03. The van der Waals surface area contributed by atoms with E-state index in [2.05, 4.69) is 4.72 Å². The van der Waals surface area contributed by atoms with Gasteiger partial charge in [0.05, 0.1) is 10.5 Å². The molecule has 10 heteroatoms. The number of ether oxygens (including phenoxy) is 1. The molecule has 22 heavy (non-hydrogen) atoms. The largest absolute Gasteiger partial charge is 0.374 e. The number of sulfonamides is 2. The molecule has 2 aliphatic rings. The van der Waals surface area contributed by atoms with E-state index < -0.39 is 29.9 Å². The molecule has 126 valence electrons. The van der Waals surface area contributed by atoms with E-state index in [1.54, 1.807) is 0 Å². The summed E-state index contributed by atoms with van der Waals surface area (Å²) in [6, 6.07) is 0. The van der Waals surface area contributed by atoms with Crippen LogP contribution in [0.3, 0.4) is 0 Å².